The molecule has 1 aliphatic rings. The summed E-state index contributed by atoms with van der Waals surface area (Å²) in [6.07, 6.45) is 5.38. The van der Waals surface area contributed by atoms with Crippen molar-refractivity contribution in [3.05, 3.63) is 83.9 Å². The average molecular weight is 236 g/mol. The number of rotatable bonds is 2. The fourth-order valence-corrected chi connectivity index (χ4v) is 2.48. The largest absolute Gasteiger partial charge is 0.361 e. The topological polar surface area (TPSA) is 9.23 Å². The van der Waals surface area contributed by atoms with Crippen LogP contribution in [-0.2, 0) is 10.3 Å². The number of hydrogen-bond acceptors (Lipinski definition) is 1. The highest BCUT2D eigenvalue weighted by Crippen LogP contribution is 2.37. The molecule has 0 spiro atoms. The van der Waals surface area contributed by atoms with Crippen LogP contribution in [0.25, 0.3) is 0 Å². The minimum Gasteiger partial charge on any atom is -0.361 e. The summed E-state index contributed by atoms with van der Waals surface area (Å²) < 4.78 is 6.15. The van der Waals surface area contributed by atoms with Crippen molar-refractivity contribution < 1.29 is 4.74 Å². The van der Waals surface area contributed by atoms with Crippen molar-refractivity contribution in [3.8, 4) is 0 Å². The van der Waals surface area contributed by atoms with Gasteiger partial charge >= 0.3 is 0 Å². The van der Waals surface area contributed by atoms with Gasteiger partial charge in [0.2, 0.25) is 0 Å². The van der Waals surface area contributed by atoms with Gasteiger partial charge in [-0.2, -0.15) is 0 Å². The SMILES string of the molecule is C1=CC(c2ccccc2)(c2ccccc2)OCC1. The minimum atomic E-state index is -0.416. The summed E-state index contributed by atoms with van der Waals surface area (Å²) in [7, 11) is 0. The molecule has 0 saturated carbocycles. The van der Waals surface area contributed by atoms with Crippen LogP contribution < -0.4 is 0 Å². The number of benzene rings is 2. The van der Waals surface area contributed by atoms with Gasteiger partial charge in [-0.15, -0.1) is 0 Å². The molecule has 90 valence electrons. The van der Waals surface area contributed by atoms with E-state index in [1.807, 2.05) is 12.1 Å². The van der Waals surface area contributed by atoms with Gasteiger partial charge in [-0.05, 0) is 23.6 Å². The normalized spacial score (nSPS) is 17.6. The second kappa shape index (κ2) is 4.79. The molecular weight excluding hydrogens is 220 g/mol. The van der Waals surface area contributed by atoms with Gasteiger partial charge in [-0.1, -0.05) is 66.7 Å². The summed E-state index contributed by atoms with van der Waals surface area (Å²) in [5.74, 6) is 0. The molecule has 0 aromatic heterocycles. The van der Waals surface area contributed by atoms with E-state index in [1.165, 1.54) is 11.1 Å². The van der Waals surface area contributed by atoms with Crippen LogP contribution >= 0.6 is 0 Å². The Kier molecular flexibility index (Phi) is 2.99. The van der Waals surface area contributed by atoms with E-state index in [9.17, 15) is 0 Å². The first kappa shape index (κ1) is 11.2. The van der Waals surface area contributed by atoms with Gasteiger partial charge in [0.1, 0.15) is 5.60 Å². The zero-order chi connectivity index (χ0) is 12.3. The molecule has 0 saturated heterocycles. The molecule has 1 aliphatic heterocycles. The third-order valence-electron chi connectivity index (χ3n) is 3.37. The van der Waals surface area contributed by atoms with Gasteiger partial charge in [0.15, 0.2) is 0 Å². The van der Waals surface area contributed by atoms with E-state index >= 15 is 0 Å². The van der Waals surface area contributed by atoms with Gasteiger partial charge in [0.25, 0.3) is 0 Å². The van der Waals surface area contributed by atoms with E-state index in [4.69, 9.17) is 4.74 Å². The fourth-order valence-electron chi connectivity index (χ4n) is 2.48. The quantitative estimate of drug-likeness (QED) is 0.718. The van der Waals surface area contributed by atoms with E-state index < -0.39 is 5.60 Å². The molecule has 18 heavy (non-hydrogen) atoms. The zero-order valence-electron chi connectivity index (χ0n) is 10.3. The van der Waals surface area contributed by atoms with Gasteiger partial charge in [-0.3, -0.25) is 0 Å². The van der Waals surface area contributed by atoms with Crippen LogP contribution in [0.2, 0.25) is 0 Å². The Morgan fingerprint density at radius 3 is 1.78 bits per heavy atom. The van der Waals surface area contributed by atoms with Crippen LogP contribution in [-0.4, -0.2) is 6.61 Å². The van der Waals surface area contributed by atoms with Crippen LogP contribution in [0.1, 0.15) is 17.5 Å². The molecular formula is C17H16O. The lowest BCUT2D eigenvalue weighted by molar-refractivity contribution is 0.0131. The molecule has 1 heteroatoms. The summed E-state index contributed by atoms with van der Waals surface area (Å²) in [4.78, 5) is 0. The van der Waals surface area contributed by atoms with Crippen molar-refractivity contribution >= 4 is 0 Å². The monoisotopic (exact) mass is 236 g/mol. The molecule has 0 N–H and O–H groups in total. The van der Waals surface area contributed by atoms with Gasteiger partial charge < -0.3 is 4.74 Å². The van der Waals surface area contributed by atoms with Crippen molar-refractivity contribution in [1.82, 2.24) is 0 Å². The molecule has 0 amide bonds. The summed E-state index contributed by atoms with van der Waals surface area (Å²) >= 11 is 0. The summed E-state index contributed by atoms with van der Waals surface area (Å²) in [6, 6.07) is 20.8. The molecule has 2 aromatic rings. The Balaban J connectivity index is 2.16. The van der Waals surface area contributed by atoms with Crippen molar-refractivity contribution in [3.63, 3.8) is 0 Å². The van der Waals surface area contributed by atoms with Crippen molar-refractivity contribution in [2.24, 2.45) is 0 Å². The van der Waals surface area contributed by atoms with Gasteiger partial charge in [0, 0.05) is 0 Å². The third kappa shape index (κ3) is 1.87. The maximum Gasteiger partial charge on any atom is 0.136 e. The highest BCUT2D eigenvalue weighted by atomic mass is 16.5. The molecule has 0 fully saturated rings. The molecule has 0 aliphatic carbocycles. The number of ether oxygens (including phenoxy) is 1. The lowest BCUT2D eigenvalue weighted by atomic mass is 9.84. The summed E-state index contributed by atoms with van der Waals surface area (Å²) in [5.41, 5.74) is 1.96. The van der Waals surface area contributed by atoms with Gasteiger partial charge in [0.05, 0.1) is 6.61 Å². The van der Waals surface area contributed by atoms with Crippen LogP contribution in [0.15, 0.2) is 72.8 Å². The Morgan fingerprint density at radius 2 is 1.33 bits per heavy atom. The van der Waals surface area contributed by atoms with Crippen LogP contribution in [0.3, 0.4) is 0 Å². The second-order valence-corrected chi connectivity index (χ2v) is 4.51. The predicted molar refractivity (Wildman–Crippen MR) is 73.4 cm³/mol. The van der Waals surface area contributed by atoms with Crippen LogP contribution in [0.4, 0.5) is 0 Å². The Hall–Kier alpha value is -1.86. The molecule has 1 heterocycles. The first-order valence-corrected chi connectivity index (χ1v) is 6.34. The Bertz CT molecular complexity index is 489. The maximum absolute atomic E-state index is 6.15. The van der Waals surface area contributed by atoms with Crippen LogP contribution in [0, 0.1) is 0 Å². The highest BCUT2D eigenvalue weighted by molar-refractivity contribution is 5.41. The minimum absolute atomic E-state index is 0.416. The van der Waals surface area contributed by atoms with E-state index in [2.05, 4.69) is 60.7 Å². The van der Waals surface area contributed by atoms with Crippen LogP contribution in [0.5, 0.6) is 0 Å². The Labute approximate surface area is 108 Å². The van der Waals surface area contributed by atoms with Crippen molar-refractivity contribution in [2.75, 3.05) is 6.61 Å². The fraction of sp³-hybridized carbons (Fsp3) is 0.176. The van der Waals surface area contributed by atoms with Gasteiger partial charge in [-0.25, -0.2) is 0 Å². The second-order valence-electron chi connectivity index (χ2n) is 4.51. The molecule has 0 radical (unpaired) electrons. The lowest BCUT2D eigenvalue weighted by Gasteiger charge is -2.34. The lowest BCUT2D eigenvalue weighted by Crippen LogP contribution is -2.31. The standard InChI is InChI=1S/C17H16O/c1-3-9-15(10-4-1)17(13-7-8-14-18-17)16-11-5-2-6-12-16/h1-7,9-13H,8,14H2. The highest BCUT2D eigenvalue weighted by Gasteiger charge is 2.33. The zero-order valence-corrected chi connectivity index (χ0v) is 10.3. The molecule has 0 atom stereocenters. The van der Waals surface area contributed by atoms with Crippen molar-refractivity contribution in [1.29, 1.82) is 0 Å². The predicted octanol–water partition coefficient (Wildman–Crippen LogP) is 3.91. The first-order chi connectivity index (χ1) is 8.92. The van der Waals surface area contributed by atoms with Crippen molar-refractivity contribution in [2.45, 2.75) is 12.0 Å². The van der Waals surface area contributed by atoms with E-state index in [1.54, 1.807) is 0 Å². The smallest absolute Gasteiger partial charge is 0.136 e. The maximum atomic E-state index is 6.15. The molecule has 0 unspecified atom stereocenters. The van der Waals surface area contributed by atoms with E-state index in [-0.39, 0.29) is 0 Å². The molecule has 3 rings (SSSR count). The Morgan fingerprint density at radius 1 is 0.778 bits per heavy atom. The number of hydrogen-bond donors (Lipinski definition) is 0. The first-order valence-electron chi connectivity index (χ1n) is 6.34. The average Bonchev–Trinajstić information content (AvgIpc) is 2.50. The summed E-state index contributed by atoms with van der Waals surface area (Å²) in [6.45, 7) is 0.764. The third-order valence-corrected chi connectivity index (χ3v) is 3.37. The molecule has 0 bridgehead atoms. The molecule has 2 aromatic carbocycles. The molecule has 1 nitrogen and oxygen atoms in total. The van der Waals surface area contributed by atoms with E-state index in [0.717, 1.165) is 13.0 Å². The summed E-state index contributed by atoms with van der Waals surface area (Å²) in [5, 5.41) is 0. The van der Waals surface area contributed by atoms with E-state index in [0.29, 0.717) is 0 Å².